The Morgan fingerprint density at radius 2 is 2.00 bits per heavy atom. The van der Waals surface area contributed by atoms with Gasteiger partial charge in [0.1, 0.15) is 11.6 Å². The molecule has 1 amide bonds. The highest BCUT2D eigenvalue weighted by molar-refractivity contribution is 5.98. The number of esters is 1. The molecule has 7 heteroatoms. The topological polar surface area (TPSA) is 89.8 Å². The van der Waals surface area contributed by atoms with Crippen molar-refractivity contribution in [1.29, 1.82) is 0 Å². The summed E-state index contributed by atoms with van der Waals surface area (Å²) in [7, 11) is 0. The van der Waals surface area contributed by atoms with E-state index < -0.39 is 12.0 Å². The van der Waals surface area contributed by atoms with Gasteiger partial charge in [-0.1, -0.05) is 30.3 Å². The summed E-state index contributed by atoms with van der Waals surface area (Å²) in [4.78, 5) is 24.7. The smallest absolute Gasteiger partial charge is 0.374 e. The highest BCUT2D eigenvalue weighted by Crippen LogP contribution is 2.24. The Labute approximate surface area is 174 Å². The Morgan fingerprint density at radius 3 is 2.80 bits per heavy atom. The van der Waals surface area contributed by atoms with Crippen molar-refractivity contribution < 1.29 is 23.5 Å². The van der Waals surface area contributed by atoms with E-state index in [2.05, 4.69) is 10.6 Å². The fourth-order valence-electron chi connectivity index (χ4n) is 3.54. The van der Waals surface area contributed by atoms with Gasteiger partial charge in [0.2, 0.25) is 11.7 Å². The molecule has 30 heavy (non-hydrogen) atoms. The molecule has 1 aliphatic heterocycles. The van der Waals surface area contributed by atoms with Gasteiger partial charge in [0.15, 0.2) is 0 Å². The third-order valence-electron chi connectivity index (χ3n) is 5.01. The molecule has 7 nitrogen and oxygen atoms in total. The average Bonchev–Trinajstić information content (AvgIpc) is 3.40. The standard InChI is InChI=1S/C23H24N2O5/c1-2-28-23(27)20-13-16-12-17(8-9-18(16)30-20)25-22(26)21-19(10-11-24-21)29-14-15-6-4-3-5-7-15/h3-9,12-13,19,21,24H,2,10-11,14H2,1H3,(H,25,26)/t19-,21+/m1/s1. The van der Waals surface area contributed by atoms with Crippen molar-refractivity contribution in [2.24, 2.45) is 0 Å². The quantitative estimate of drug-likeness (QED) is 0.582. The number of furan rings is 1. The summed E-state index contributed by atoms with van der Waals surface area (Å²) in [5, 5.41) is 6.86. The predicted octanol–water partition coefficient (Wildman–Crippen LogP) is 3.50. The molecule has 1 saturated heterocycles. The van der Waals surface area contributed by atoms with E-state index in [1.807, 2.05) is 30.3 Å². The van der Waals surface area contributed by atoms with E-state index in [-0.39, 0.29) is 24.4 Å². The van der Waals surface area contributed by atoms with Gasteiger partial charge in [0, 0.05) is 11.1 Å². The molecule has 2 heterocycles. The molecule has 0 spiro atoms. The molecule has 2 atom stereocenters. The lowest BCUT2D eigenvalue weighted by Crippen LogP contribution is -2.43. The monoisotopic (exact) mass is 408 g/mol. The molecule has 4 rings (SSSR count). The van der Waals surface area contributed by atoms with Crippen LogP contribution in [0, 0.1) is 0 Å². The molecule has 1 aliphatic rings. The summed E-state index contributed by atoms with van der Waals surface area (Å²) in [6.45, 7) is 3.21. The Morgan fingerprint density at radius 1 is 1.17 bits per heavy atom. The molecule has 156 valence electrons. The third-order valence-corrected chi connectivity index (χ3v) is 5.01. The van der Waals surface area contributed by atoms with Gasteiger partial charge in [-0.25, -0.2) is 4.79 Å². The van der Waals surface area contributed by atoms with Crippen molar-refractivity contribution in [1.82, 2.24) is 5.32 Å². The average molecular weight is 408 g/mol. The van der Waals surface area contributed by atoms with Gasteiger partial charge >= 0.3 is 5.97 Å². The lowest BCUT2D eigenvalue weighted by atomic mass is 10.1. The third kappa shape index (κ3) is 4.53. The first-order valence-electron chi connectivity index (χ1n) is 10.0. The number of anilines is 1. The van der Waals surface area contributed by atoms with Crippen LogP contribution in [0.2, 0.25) is 0 Å². The fourth-order valence-corrected chi connectivity index (χ4v) is 3.54. The molecule has 0 bridgehead atoms. The van der Waals surface area contributed by atoms with Gasteiger partial charge in [-0.2, -0.15) is 0 Å². The van der Waals surface area contributed by atoms with Crippen LogP contribution in [0.4, 0.5) is 5.69 Å². The highest BCUT2D eigenvalue weighted by atomic mass is 16.5. The Balaban J connectivity index is 1.40. The van der Waals surface area contributed by atoms with Crippen molar-refractivity contribution >= 4 is 28.5 Å². The summed E-state index contributed by atoms with van der Waals surface area (Å²) in [5.41, 5.74) is 2.25. The molecular weight excluding hydrogens is 384 g/mol. The lowest BCUT2D eigenvalue weighted by Gasteiger charge is -2.20. The second-order valence-corrected chi connectivity index (χ2v) is 7.13. The number of ether oxygens (including phenoxy) is 2. The highest BCUT2D eigenvalue weighted by Gasteiger charge is 2.33. The normalized spacial score (nSPS) is 18.4. The van der Waals surface area contributed by atoms with Crippen LogP contribution in [0.3, 0.4) is 0 Å². The first-order chi connectivity index (χ1) is 14.6. The number of amides is 1. The Kier molecular flexibility index (Phi) is 6.11. The number of hydrogen-bond acceptors (Lipinski definition) is 6. The summed E-state index contributed by atoms with van der Waals surface area (Å²) in [6, 6.07) is 16.3. The number of rotatable bonds is 7. The van der Waals surface area contributed by atoms with Crippen molar-refractivity contribution in [3.05, 3.63) is 65.9 Å². The zero-order chi connectivity index (χ0) is 20.9. The van der Waals surface area contributed by atoms with E-state index in [1.165, 1.54) is 0 Å². The Hall–Kier alpha value is -3.16. The molecular formula is C23H24N2O5. The minimum absolute atomic E-state index is 0.141. The molecule has 2 aromatic carbocycles. The van der Waals surface area contributed by atoms with E-state index >= 15 is 0 Å². The van der Waals surface area contributed by atoms with Crippen LogP contribution < -0.4 is 10.6 Å². The number of hydrogen-bond donors (Lipinski definition) is 2. The van der Waals surface area contributed by atoms with Crippen molar-refractivity contribution in [3.8, 4) is 0 Å². The van der Waals surface area contributed by atoms with Crippen LogP contribution in [-0.4, -0.2) is 37.2 Å². The Bertz CT molecular complexity index is 1030. The second kappa shape index (κ2) is 9.11. The first kappa shape index (κ1) is 20.1. The van der Waals surface area contributed by atoms with Gasteiger partial charge in [0.05, 0.1) is 19.3 Å². The van der Waals surface area contributed by atoms with E-state index in [0.717, 1.165) is 18.5 Å². The fraction of sp³-hybridized carbons (Fsp3) is 0.304. The zero-order valence-corrected chi connectivity index (χ0v) is 16.7. The van der Waals surface area contributed by atoms with Crippen LogP contribution in [0.1, 0.15) is 29.5 Å². The van der Waals surface area contributed by atoms with Crippen LogP contribution in [0.25, 0.3) is 11.0 Å². The SMILES string of the molecule is CCOC(=O)c1cc2cc(NC(=O)[C@H]3NCC[C@H]3OCc3ccccc3)ccc2o1. The van der Waals surface area contributed by atoms with Crippen LogP contribution in [-0.2, 0) is 20.9 Å². The van der Waals surface area contributed by atoms with E-state index in [9.17, 15) is 9.59 Å². The molecule has 0 radical (unpaired) electrons. The maximum absolute atomic E-state index is 12.8. The maximum Gasteiger partial charge on any atom is 0.374 e. The molecule has 0 saturated carbocycles. The molecule has 0 unspecified atom stereocenters. The van der Waals surface area contributed by atoms with Crippen molar-refractivity contribution in [2.75, 3.05) is 18.5 Å². The summed E-state index contributed by atoms with van der Waals surface area (Å²) < 4.78 is 16.5. The molecule has 1 fully saturated rings. The van der Waals surface area contributed by atoms with Crippen LogP contribution in [0.15, 0.2) is 59.0 Å². The van der Waals surface area contributed by atoms with Gasteiger partial charge in [-0.15, -0.1) is 0 Å². The number of benzene rings is 2. The zero-order valence-electron chi connectivity index (χ0n) is 16.7. The molecule has 1 aromatic heterocycles. The number of carbonyl (C=O) groups excluding carboxylic acids is 2. The number of fused-ring (bicyclic) bond motifs is 1. The van der Waals surface area contributed by atoms with E-state index in [0.29, 0.717) is 23.3 Å². The largest absolute Gasteiger partial charge is 0.460 e. The predicted molar refractivity (Wildman–Crippen MR) is 112 cm³/mol. The van der Waals surface area contributed by atoms with E-state index in [4.69, 9.17) is 13.9 Å². The van der Waals surface area contributed by atoms with Gasteiger partial charge < -0.3 is 24.5 Å². The summed E-state index contributed by atoms with van der Waals surface area (Å²) in [5.74, 6) is -0.519. The molecule has 0 aliphatic carbocycles. The van der Waals surface area contributed by atoms with Crippen LogP contribution >= 0.6 is 0 Å². The minimum atomic E-state index is -0.507. The second-order valence-electron chi connectivity index (χ2n) is 7.13. The summed E-state index contributed by atoms with van der Waals surface area (Å²) in [6.07, 6.45) is 0.576. The van der Waals surface area contributed by atoms with E-state index in [1.54, 1.807) is 31.2 Å². The van der Waals surface area contributed by atoms with Crippen LogP contribution in [0.5, 0.6) is 0 Å². The van der Waals surface area contributed by atoms with Crippen molar-refractivity contribution in [2.45, 2.75) is 32.1 Å². The number of nitrogens with one attached hydrogen (secondary N) is 2. The molecule has 2 N–H and O–H groups in total. The summed E-state index contributed by atoms with van der Waals surface area (Å²) >= 11 is 0. The first-order valence-corrected chi connectivity index (χ1v) is 10.0. The number of carbonyl (C=O) groups is 2. The van der Waals surface area contributed by atoms with Crippen molar-refractivity contribution in [3.63, 3.8) is 0 Å². The lowest BCUT2D eigenvalue weighted by molar-refractivity contribution is -0.121. The van der Waals surface area contributed by atoms with Gasteiger partial charge in [0.25, 0.3) is 0 Å². The van der Waals surface area contributed by atoms with Gasteiger partial charge in [-0.3, -0.25) is 4.79 Å². The molecule has 3 aromatic rings. The van der Waals surface area contributed by atoms with Gasteiger partial charge in [-0.05, 0) is 49.7 Å². The maximum atomic E-state index is 12.8. The minimum Gasteiger partial charge on any atom is -0.460 e.